The maximum absolute atomic E-state index is 12.4. The molecule has 0 saturated heterocycles. The van der Waals surface area contributed by atoms with E-state index in [9.17, 15) is 9.59 Å². The van der Waals surface area contributed by atoms with E-state index in [2.05, 4.69) is 0 Å². The van der Waals surface area contributed by atoms with Gasteiger partial charge in [-0.05, 0) is 30.3 Å². The Balaban J connectivity index is 2.42. The zero-order chi connectivity index (χ0) is 14.7. The van der Waals surface area contributed by atoms with Crippen LogP contribution in [0.25, 0.3) is 0 Å². The van der Waals surface area contributed by atoms with Crippen LogP contribution in [-0.4, -0.2) is 11.8 Å². The molecule has 0 heterocycles. The molecule has 0 bridgehead atoms. The second-order valence-electron chi connectivity index (χ2n) is 4.05. The van der Waals surface area contributed by atoms with Crippen LogP contribution in [0.5, 0.6) is 5.75 Å². The number of esters is 1. The third kappa shape index (κ3) is 3.18. The van der Waals surface area contributed by atoms with Crippen molar-refractivity contribution >= 4 is 35.0 Å². The average Bonchev–Trinajstić information content (AvgIpc) is 2.41. The fraction of sp³-hybridized carbons (Fsp3) is 0.0667. The van der Waals surface area contributed by atoms with Crippen molar-refractivity contribution in [3.8, 4) is 5.75 Å². The van der Waals surface area contributed by atoms with E-state index < -0.39 is 5.97 Å². The van der Waals surface area contributed by atoms with Gasteiger partial charge in [0.2, 0.25) is 0 Å². The summed E-state index contributed by atoms with van der Waals surface area (Å²) >= 11 is 11.7. The molecule has 0 aliphatic carbocycles. The minimum Gasteiger partial charge on any atom is -0.426 e. The van der Waals surface area contributed by atoms with Gasteiger partial charge in [0, 0.05) is 12.5 Å². The highest BCUT2D eigenvalue weighted by molar-refractivity contribution is 6.42. The van der Waals surface area contributed by atoms with Crippen LogP contribution in [0, 0.1) is 0 Å². The molecule has 5 heteroatoms. The quantitative estimate of drug-likeness (QED) is 0.486. The molecule has 102 valence electrons. The lowest BCUT2D eigenvalue weighted by molar-refractivity contribution is -0.131. The smallest absolute Gasteiger partial charge is 0.308 e. The van der Waals surface area contributed by atoms with Crippen LogP contribution in [-0.2, 0) is 4.79 Å². The molecule has 0 aliphatic rings. The molecule has 0 amide bonds. The van der Waals surface area contributed by atoms with Crippen molar-refractivity contribution in [3.63, 3.8) is 0 Å². The Kier molecular flexibility index (Phi) is 4.42. The summed E-state index contributed by atoms with van der Waals surface area (Å²) in [5, 5.41) is 0.666. The highest BCUT2D eigenvalue weighted by Gasteiger charge is 2.16. The maximum atomic E-state index is 12.4. The van der Waals surface area contributed by atoms with Gasteiger partial charge >= 0.3 is 5.97 Å². The zero-order valence-electron chi connectivity index (χ0n) is 10.5. The first-order valence-electron chi connectivity index (χ1n) is 5.76. The van der Waals surface area contributed by atoms with Crippen molar-refractivity contribution in [2.45, 2.75) is 6.92 Å². The minimum atomic E-state index is -0.487. The maximum Gasteiger partial charge on any atom is 0.308 e. The third-order valence-corrected chi connectivity index (χ3v) is 3.31. The molecule has 0 aliphatic heterocycles. The molecule has 2 aromatic carbocycles. The van der Waals surface area contributed by atoms with Crippen molar-refractivity contribution < 1.29 is 14.3 Å². The monoisotopic (exact) mass is 308 g/mol. The Hall–Kier alpha value is -1.84. The predicted molar refractivity (Wildman–Crippen MR) is 77.6 cm³/mol. The first-order valence-corrected chi connectivity index (χ1v) is 6.52. The van der Waals surface area contributed by atoms with Gasteiger partial charge in [-0.15, -0.1) is 0 Å². The Bertz CT molecular complexity index is 681. The van der Waals surface area contributed by atoms with E-state index >= 15 is 0 Å². The van der Waals surface area contributed by atoms with Crippen molar-refractivity contribution in [2.24, 2.45) is 0 Å². The van der Waals surface area contributed by atoms with Crippen LogP contribution in [0.3, 0.4) is 0 Å². The Labute approximate surface area is 126 Å². The largest absolute Gasteiger partial charge is 0.426 e. The fourth-order valence-electron chi connectivity index (χ4n) is 1.69. The number of para-hydroxylation sites is 1. The average molecular weight is 309 g/mol. The summed E-state index contributed by atoms with van der Waals surface area (Å²) in [5.41, 5.74) is 0.667. The van der Waals surface area contributed by atoms with Gasteiger partial charge in [0.25, 0.3) is 0 Å². The summed E-state index contributed by atoms with van der Waals surface area (Å²) in [6.45, 7) is 1.28. The van der Waals surface area contributed by atoms with Gasteiger partial charge in [-0.25, -0.2) is 0 Å². The van der Waals surface area contributed by atoms with Gasteiger partial charge in [-0.1, -0.05) is 35.3 Å². The topological polar surface area (TPSA) is 43.4 Å². The van der Waals surface area contributed by atoms with Gasteiger partial charge in [-0.3, -0.25) is 9.59 Å². The van der Waals surface area contributed by atoms with E-state index in [0.717, 1.165) is 0 Å². The highest BCUT2D eigenvalue weighted by atomic mass is 35.5. The molecule has 0 spiro atoms. The summed E-state index contributed by atoms with van der Waals surface area (Å²) in [4.78, 5) is 23.5. The van der Waals surface area contributed by atoms with Crippen LogP contribution >= 0.6 is 23.2 Å². The second-order valence-corrected chi connectivity index (χ2v) is 4.86. The second kappa shape index (κ2) is 6.07. The van der Waals surface area contributed by atoms with Crippen molar-refractivity contribution in [2.75, 3.05) is 0 Å². The number of carbonyl (C=O) groups excluding carboxylic acids is 2. The first-order chi connectivity index (χ1) is 9.49. The fourth-order valence-corrected chi connectivity index (χ4v) is 1.99. The third-order valence-electron chi connectivity index (χ3n) is 2.57. The van der Waals surface area contributed by atoms with Gasteiger partial charge in [0.15, 0.2) is 5.78 Å². The van der Waals surface area contributed by atoms with Crippen LogP contribution < -0.4 is 4.74 Å². The number of benzene rings is 2. The van der Waals surface area contributed by atoms with Crippen molar-refractivity contribution in [3.05, 3.63) is 63.6 Å². The van der Waals surface area contributed by atoms with Crippen LogP contribution in [0.1, 0.15) is 22.8 Å². The summed E-state index contributed by atoms with van der Waals surface area (Å²) in [7, 11) is 0. The lowest BCUT2D eigenvalue weighted by Crippen LogP contribution is -2.08. The number of carbonyl (C=O) groups is 2. The molecule has 20 heavy (non-hydrogen) atoms. The van der Waals surface area contributed by atoms with E-state index in [1.54, 1.807) is 36.4 Å². The van der Waals surface area contributed by atoms with E-state index in [-0.39, 0.29) is 11.5 Å². The lowest BCUT2D eigenvalue weighted by atomic mass is 10.0. The normalized spacial score (nSPS) is 10.2. The first kappa shape index (κ1) is 14.6. The summed E-state index contributed by atoms with van der Waals surface area (Å²) in [6.07, 6.45) is 0. The highest BCUT2D eigenvalue weighted by Crippen LogP contribution is 2.26. The van der Waals surface area contributed by atoms with E-state index in [0.29, 0.717) is 21.2 Å². The minimum absolute atomic E-state index is 0.219. The van der Waals surface area contributed by atoms with Crippen molar-refractivity contribution in [1.82, 2.24) is 0 Å². The molecule has 2 aromatic rings. The van der Waals surface area contributed by atoms with Crippen molar-refractivity contribution in [1.29, 1.82) is 0 Å². The molecular formula is C15H10Cl2O3. The SMILES string of the molecule is CC(=O)Oc1ccccc1C(=O)c1ccc(Cl)c(Cl)c1. The van der Waals surface area contributed by atoms with Crippen LogP contribution in [0.15, 0.2) is 42.5 Å². The molecular weight excluding hydrogens is 299 g/mol. The molecule has 0 saturated carbocycles. The van der Waals surface area contributed by atoms with E-state index in [4.69, 9.17) is 27.9 Å². The van der Waals surface area contributed by atoms with Gasteiger partial charge < -0.3 is 4.74 Å². The van der Waals surface area contributed by atoms with Gasteiger partial charge in [0.1, 0.15) is 5.75 Å². The standard InChI is InChI=1S/C15H10Cl2O3/c1-9(18)20-14-5-3-2-4-11(14)15(19)10-6-7-12(16)13(17)8-10/h2-8H,1H3. The summed E-state index contributed by atoms with van der Waals surface area (Å²) < 4.78 is 5.02. The zero-order valence-corrected chi connectivity index (χ0v) is 12.0. The Morgan fingerprint density at radius 3 is 2.35 bits per heavy atom. The number of rotatable bonds is 3. The summed E-state index contributed by atoms with van der Waals surface area (Å²) in [6, 6.07) is 11.1. The molecule has 3 nitrogen and oxygen atoms in total. The van der Waals surface area contributed by atoms with E-state index in [1.807, 2.05) is 0 Å². The Morgan fingerprint density at radius 1 is 1.00 bits per heavy atom. The van der Waals surface area contributed by atoms with Crippen LogP contribution in [0.4, 0.5) is 0 Å². The van der Waals surface area contributed by atoms with Crippen LogP contribution in [0.2, 0.25) is 10.0 Å². The molecule has 0 atom stereocenters. The van der Waals surface area contributed by atoms with Gasteiger partial charge in [-0.2, -0.15) is 0 Å². The van der Waals surface area contributed by atoms with E-state index in [1.165, 1.54) is 13.0 Å². The predicted octanol–water partition coefficient (Wildman–Crippen LogP) is 4.15. The molecule has 0 fully saturated rings. The summed E-state index contributed by atoms with van der Waals surface area (Å²) in [5.74, 6) is -0.559. The lowest BCUT2D eigenvalue weighted by Gasteiger charge is -2.08. The number of halogens is 2. The molecule has 2 rings (SSSR count). The molecule has 0 radical (unpaired) electrons. The number of hydrogen-bond donors (Lipinski definition) is 0. The Morgan fingerprint density at radius 2 is 1.70 bits per heavy atom. The number of ether oxygens (including phenoxy) is 1. The molecule has 0 unspecified atom stereocenters. The number of hydrogen-bond acceptors (Lipinski definition) is 3. The van der Waals surface area contributed by atoms with Gasteiger partial charge in [0.05, 0.1) is 15.6 Å². The number of ketones is 1. The molecule has 0 N–H and O–H groups in total. The molecule has 0 aromatic heterocycles.